The van der Waals surface area contributed by atoms with E-state index in [-0.39, 0.29) is 23.4 Å². The molecule has 0 atom stereocenters. The summed E-state index contributed by atoms with van der Waals surface area (Å²) in [5.74, 6) is 0.0483. The van der Waals surface area contributed by atoms with E-state index in [1.54, 1.807) is 28.9 Å². The van der Waals surface area contributed by atoms with Crippen LogP contribution in [-0.4, -0.2) is 51.9 Å². The summed E-state index contributed by atoms with van der Waals surface area (Å²) in [7, 11) is 3.02. The predicted molar refractivity (Wildman–Crippen MR) is 132 cm³/mol. The fourth-order valence-corrected chi connectivity index (χ4v) is 5.34. The Hall–Kier alpha value is -3.83. The SMILES string of the molecule is COc1ccc(C(F)(F)F)c(CN2C(=O)N(C3CCN(c4c(C)cccc4F)CC3)Cc3cn(C)nc32)n1. The van der Waals surface area contributed by atoms with Gasteiger partial charge in [-0.25, -0.2) is 14.2 Å². The van der Waals surface area contributed by atoms with Gasteiger partial charge in [-0.1, -0.05) is 12.1 Å². The summed E-state index contributed by atoms with van der Waals surface area (Å²) >= 11 is 0. The molecule has 0 N–H and O–H groups in total. The summed E-state index contributed by atoms with van der Waals surface area (Å²) in [5.41, 5.74) is 0.879. The molecule has 3 aromatic rings. The Bertz CT molecular complexity index is 1330. The first-order valence-corrected chi connectivity index (χ1v) is 12.3. The van der Waals surface area contributed by atoms with Crippen LogP contribution in [-0.2, 0) is 26.3 Å². The van der Waals surface area contributed by atoms with Gasteiger partial charge in [0.25, 0.3) is 0 Å². The van der Waals surface area contributed by atoms with Crippen molar-refractivity contribution < 1.29 is 27.1 Å². The van der Waals surface area contributed by atoms with E-state index in [9.17, 15) is 22.4 Å². The van der Waals surface area contributed by atoms with Crippen molar-refractivity contribution >= 4 is 17.5 Å². The third-order valence-electron chi connectivity index (χ3n) is 7.14. The minimum Gasteiger partial charge on any atom is -0.481 e. The molecule has 0 radical (unpaired) electrons. The summed E-state index contributed by atoms with van der Waals surface area (Å²) in [6, 6.07) is 6.43. The number of methoxy groups -OCH3 is 1. The highest BCUT2D eigenvalue weighted by Crippen LogP contribution is 2.37. The molecule has 38 heavy (non-hydrogen) atoms. The second-order valence-electron chi connectivity index (χ2n) is 9.62. The monoisotopic (exact) mass is 532 g/mol. The molecule has 202 valence electrons. The molecule has 0 spiro atoms. The standard InChI is InChI=1S/C26H28F4N6O2/c1-16-5-4-6-20(27)23(16)34-11-9-18(10-12-34)35-14-17-13-33(2)32-24(17)36(25(35)37)15-21-19(26(28,29)30)7-8-22(31-21)38-3/h4-8,13,18H,9-12,14-15H2,1-3H3. The van der Waals surface area contributed by atoms with Gasteiger partial charge < -0.3 is 14.5 Å². The van der Waals surface area contributed by atoms with Crippen LogP contribution in [0.2, 0.25) is 0 Å². The summed E-state index contributed by atoms with van der Waals surface area (Å²) in [6.07, 6.45) is -1.71. The lowest BCUT2D eigenvalue weighted by Gasteiger charge is -2.43. The minimum absolute atomic E-state index is 0.0198. The Morgan fingerprint density at radius 3 is 2.53 bits per heavy atom. The fourth-order valence-electron chi connectivity index (χ4n) is 5.34. The first kappa shape index (κ1) is 25.8. The Balaban J connectivity index is 1.42. The number of anilines is 2. The zero-order valence-electron chi connectivity index (χ0n) is 21.3. The van der Waals surface area contributed by atoms with Crippen LogP contribution in [0.4, 0.5) is 33.9 Å². The Morgan fingerprint density at radius 2 is 1.87 bits per heavy atom. The second-order valence-corrected chi connectivity index (χ2v) is 9.62. The first-order chi connectivity index (χ1) is 18.1. The normalized spacial score (nSPS) is 16.7. The van der Waals surface area contributed by atoms with Crippen molar-refractivity contribution in [3.8, 4) is 5.88 Å². The van der Waals surface area contributed by atoms with E-state index in [0.29, 0.717) is 44.0 Å². The number of carbonyl (C=O) groups is 1. The highest BCUT2D eigenvalue weighted by molar-refractivity contribution is 5.93. The summed E-state index contributed by atoms with van der Waals surface area (Å²) < 4.78 is 62.5. The van der Waals surface area contributed by atoms with Gasteiger partial charge in [0.2, 0.25) is 5.88 Å². The zero-order chi connectivity index (χ0) is 27.2. The van der Waals surface area contributed by atoms with Gasteiger partial charge >= 0.3 is 12.2 Å². The Kier molecular flexibility index (Phi) is 6.66. The molecule has 8 nitrogen and oxygen atoms in total. The zero-order valence-corrected chi connectivity index (χ0v) is 21.3. The average Bonchev–Trinajstić information content (AvgIpc) is 3.25. The van der Waals surface area contributed by atoms with Gasteiger partial charge in [0.15, 0.2) is 5.82 Å². The molecule has 4 heterocycles. The van der Waals surface area contributed by atoms with E-state index >= 15 is 0 Å². The maximum Gasteiger partial charge on any atom is 0.418 e. The lowest BCUT2D eigenvalue weighted by Crippen LogP contribution is -2.54. The number of benzene rings is 1. The van der Waals surface area contributed by atoms with Crippen LogP contribution in [0.15, 0.2) is 36.5 Å². The number of hydrogen-bond donors (Lipinski definition) is 0. The third kappa shape index (κ3) is 4.74. The van der Waals surface area contributed by atoms with Gasteiger partial charge in [-0.05, 0) is 37.5 Å². The van der Waals surface area contributed by atoms with Crippen molar-refractivity contribution in [1.82, 2.24) is 19.7 Å². The van der Waals surface area contributed by atoms with E-state index in [1.807, 2.05) is 17.9 Å². The molecule has 2 aliphatic rings. The molecule has 2 amide bonds. The number of hydrogen-bond acceptors (Lipinski definition) is 5. The number of nitrogens with zero attached hydrogens (tertiary/aromatic N) is 6. The molecule has 0 aliphatic carbocycles. The van der Waals surface area contributed by atoms with Crippen LogP contribution in [0.5, 0.6) is 5.88 Å². The molecule has 12 heteroatoms. The number of pyridine rings is 1. The van der Waals surface area contributed by atoms with Crippen LogP contribution >= 0.6 is 0 Å². The van der Waals surface area contributed by atoms with Crippen LogP contribution < -0.4 is 14.5 Å². The molecular formula is C26H28F4N6O2. The number of aromatic nitrogens is 3. The fraction of sp³-hybridized carbons (Fsp3) is 0.423. The van der Waals surface area contributed by atoms with Gasteiger partial charge in [0.05, 0.1) is 37.1 Å². The van der Waals surface area contributed by atoms with Crippen LogP contribution in [0, 0.1) is 12.7 Å². The summed E-state index contributed by atoms with van der Waals surface area (Å²) in [6.45, 7) is 2.83. The van der Waals surface area contributed by atoms with E-state index in [4.69, 9.17) is 4.74 Å². The minimum atomic E-state index is -4.66. The number of halogens is 4. The summed E-state index contributed by atoms with van der Waals surface area (Å²) in [4.78, 5) is 22.7. The molecule has 0 saturated carbocycles. The Morgan fingerprint density at radius 1 is 1.13 bits per heavy atom. The van der Waals surface area contributed by atoms with Crippen molar-refractivity contribution in [3.05, 3.63) is 64.7 Å². The molecule has 5 rings (SSSR count). The number of urea groups is 1. The van der Waals surface area contributed by atoms with Crippen molar-refractivity contribution in [3.63, 3.8) is 0 Å². The van der Waals surface area contributed by atoms with Crippen LogP contribution in [0.3, 0.4) is 0 Å². The number of ether oxygens (including phenoxy) is 1. The quantitative estimate of drug-likeness (QED) is 0.438. The lowest BCUT2D eigenvalue weighted by molar-refractivity contribution is -0.138. The van der Waals surface area contributed by atoms with Crippen molar-refractivity contribution in [2.45, 2.75) is 45.1 Å². The largest absolute Gasteiger partial charge is 0.481 e. The van der Waals surface area contributed by atoms with Crippen molar-refractivity contribution in [2.24, 2.45) is 7.05 Å². The van der Waals surface area contributed by atoms with E-state index in [0.717, 1.165) is 23.3 Å². The molecule has 0 unspecified atom stereocenters. The van der Waals surface area contributed by atoms with Crippen molar-refractivity contribution in [2.75, 3.05) is 30.0 Å². The molecule has 2 aromatic heterocycles. The molecular weight excluding hydrogens is 504 g/mol. The maximum atomic E-state index is 14.5. The summed E-state index contributed by atoms with van der Waals surface area (Å²) in [5, 5.41) is 4.37. The number of alkyl halides is 3. The van der Waals surface area contributed by atoms with Gasteiger partial charge in [0.1, 0.15) is 5.82 Å². The van der Waals surface area contributed by atoms with Crippen molar-refractivity contribution in [1.29, 1.82) is 0 Å². The molecule has 2 aliphatic heterocycles. The topological polar surface area (TPSA) is 66.7 Å². The van der Waals surface area contributed by atoms with Gasteiger partial charge in [-0.2, -0.15) is 18.3 Å². The van der Waals surface area contributed by atoms with E-state index in [2.05, 4.69) is 10.1 Å². The van der Waals surface area contributed by atoms with Gasteiger partial charge in [0, 0.05) is 44.0 Å². The number of para-hydroxylation sites is 1. The van der Waals surface area contributed by atoms with Gasteiger partial charge in [-0.3, -0.25) is 9.58 Å². The smallest absolute Gasteiger partial charge is 0.418 e. The maximum absolute atomic E-state index is 14.5. The lowest BCUT2D eigenvalue weighted by atomic mass is 10.00. The number of aryl methyl sites for hydroxylation is 2. The molecule has 1 saturated heterocycles. The number of rotatable bonds is 5. The highest BCUT2D eigenvalue weighted by Gasteiger charge is 2.41. The number of piperidine rings is 1. The number of carbonyl (C=O) groups excluding carboxylic acids is 1. The molecule has 1 aromatic carbocycles. The molecule has 0 bridgehead atoms. The number of amides is 2. The second kappa shape index (κ2) is 9.80. The number of fused-ring (bicyclic) bond motifs is 1. The Labute approximate surface area is 217 Å². The molecule has 1 fully saturated rings. The third-order valence-corrected chi connectivity index (χ3v) is 7.14. The average molecular weight is 533 g/mol. The first-order valence-electron chi connectivity index (χ1n) is 12.3. The highest BCUT2D eigenvalue weighted by atomic mass is 19.4. The van der Waals surface area contributed by atoms with E-state index < -0.39 is 24.3 Å². The predicted octanol–water partition coefficient (Wildman–Crippen LogP) is 4.90. The van der Waals surface area contributed by atoms with Crippen LogP contribution in [0.25, 0.3) is 0 Å². The van der Waals surface area contributed by atoms with Gasteiger partial charge in [-0.15, -0.1) is 0 Å². The van der Waals surface area contributed by atoms with Crippen LogP contribution in [0.1, 0.15) is 35.2 Å². The van der Waals surface area contributed by atoms with E-state index in [1.165, 1.54) is 18.1 Å².